The highest BCUT2D eigenvalue weighted by atomic mass is 16.6. The highest BCUT2D eigenvalue weighted by Crippen LogP contribution is 2.25. The number of nitrogens with zero attached hydrogens (tertiary/aromatic N) is 6. The number of amides is 3. The van der Waals surface area contributed by atoms with Gasteiger partial charge in [0, 0.05) is 36.5 Å². The van der Waals surface area contributed by atoms with E-state index in [2.05, 4.69) is 9.97 Å². The normalized spacial score (nSPS) is 12.0. The van der Waals surface area contributed by atoms with Gasteiger partial charge >= 0.3 is 18.3 Å². The van der Waals surface area contributed by atoms with Crippen LogP contribution in [-0.4, -0.2) is 72.5 Å². The zero-order valence-corrected chi connectivity index (χ0v) is 25.9. The van der Waals surface area contributed by atoms with Gasteiger partial charge in [0.1, 0.15) is 22.6 Å². The Balaban J connectivity index is 2.00. The van der Waals surface area contributed by atoms with Crippen LogP contribution in [0.1, 0.15) is 62.3 Å². The van der Waals surface area contributed by atoms with Crippen LogP contribution in [0.4, 0.5) is 25.9 Å². The van der Waals surface area contributed by atoms with Gasteiger partial charge in [-0.2, -0.15) is 4.98 Å². The van der Waals surface area contributed by atoms with Crippen molar-refractivity contribution in [3.8, 4) is 5.95 Å². The standard InChI is InChI=1S/C29H38N6O8/c1-27(2,3)41-24(36)33(16-17-34(25(37)42-28(4,5)6)26(38)43-29(7,8)9)22-12-14-30-23(31-22)32-15-13-19-18-20(35(39)40)10-11-21(19)32/h10-15,18H,16-17H2,1-9H3. The molecule has 0 radical (unpaired) electrons. The lowest BCUT2D eigenvalue weighted by molar-refractivity contribution is -0.384. The van der Waals surface area contributed by atoms with Crippen molar-refractivity contribution in [1.29, 1.82) is 0 Å². The topological polar surface area (TPSA) is 159 Å². The van der Waals surface area contributed by atoms with Crippen LogP contribution in [0.2, 0.25) is 0 Å². The Morgan fingerprint density at radius 1 is 0.837 bits per heavy atom. The quantitative estimate of drug-likeness (QED) is 0.180. The van der Waals surface area contributed by atoms with Crippen LogP contribution in [0.3, 0.4) is 0 Å². The smallest absolute Gasteiger partial charge is 0.419 e. The van der Waals surface area contributed by atoms with Crippen LogP contribution in [0.5, 0.6) is 0 Å². The van der Waals surface area contributed by atoms with Crippen molar-refractivity contribution in [3.05, 3.63) is 52.8 Å². The van der Waals surface area contributed by atoms with Crippen molar-refractivity contribution < 1.29 is 33.5 Å². The Hall–Kier alpha value is -4.75. The molecule has 0 aliphatic carbocycles. The summed E-state index contributed by atoms with van der Waals surface area (Å²) in [6, 6.07) is 7.55. The molecular weight excluding hydrogens is 560 g/mol. The van der Waals surface area contributed by atoms with Crippen molar-refractivity contribution in [2.45, 2.75) is 79.1 Å². The maximum Gasteiger partial charge on any atom is 0.419 e. The second kappa shape index (κ2) is 12.2. The van der Waals surface area contributed by atoms with Crippen molar-refractivity contribution >= 4 is 40.7 Å². The van der Waals surface area contributed by atoms with Crippen LogP contribution in [-0.2, 0) is 14.2 Å². The van der Waals surface area contributed by atoms with E-state index in [0.29, 0.717) is 10.9 Å². The molecule has 0 unspecified atom stereocenters. The maximum absolute atomic E-state index is 13.4. The average Bonchev–Trinajstić information content (AvgIpc) is 3.26. The highest BCUT2D eigenvalue weighted by molar-refractivity contribution is 5.90. The second-order valence-corrected chi connectivity index (χ2v) is 12.6. The molecule has 0 atom stereocenters. The number of benzene rings is 1. The number of hydrogen-bond donors (Lipinski definition) is 0. The minimum atomic E-state index is -0.942. The minimum Gasteiger partial charge on any atom is -0.443 e. The Labute approximate surface area is 249 Å². The number of carbonyl (C=O) groups is 3. The molecule has 0 fully saturated rings. The Morgan fingerprint density at radius 3 is 1.93 bits per heavy atom. The van der Waals surface area contributed by atoms with Crippen LogP contribution >= 0.6 is 0 Å². The first-order valence-corrected chi connectivity index (χ1v) is 13.6. The molecule has 43 heavy (non-hydrogen) atoms. The molecule has 0 N–H and O–H groups in total. The van der Waals surface area contributed by atoms with E-state index in [4.69, 9.17) is 14.2 Å². The van der Waals surface area contributed by atoms with Gasteiger partial charge in [0.25, 0.3) is 5.69 Å². The lowest BCUT2D eigenvalue weighted by Gasteiger charge is -2.31. The SMILES string of the molecule is CC(C)(C)OC(=O)N(CCN(C(=O)OC(C)(C)C)c1ccnc(-n2ccc3cc([N+](=O)[O-])ccc32)n1)C(=O)OC(C)(C)C. The van der Waals surface area contributed by atoms with Crippen molar-refractivity contribution in [2.24, 2.45) is 0 Å². The number of anilines is 1. The van der Waals surface area contributed by atoms with Crippen molar-refractivity contribution in [1.82, 2.24) is 19.4 Å². The zero-order chi connectivity index (χ0) is 32.3. The van der Waals surface area contributed by atoms with Crippen molar-refractivity contribution in [3.63, 3.8) is 0 Å². The number of aromatic nitrogens is 3. The molecule has 2 heterocycles. The summed E-state index contributed by atoms with van der Waals surface area (Å²) in [7, 11) is 0. The first kappa shape index (κ1) is 32.8. The van der Waals surface area contributed by atoms with Gasteiger partial charge in [-0.3, -0.25) is 19.6 Å². The van der Waals surface area contributed by atoms with Gasteiger partial charge < -0.3 is 14.2 Å². The fourth-order valence-electron chi connectivity index (χ4n) is 3.73. The first-order valence-electron chi connectivity index (χ1n) is 13.6. The third kappa shape index (κ3) is 9.12. The predicted octanol–water partition coefficient (Wildman–Crippen LogP) is 6.24. The number of non-ortho nitro benzene ring substituents is 1. The Bertz CT molecular complexity index is 1490. The third-order valence-electron chi connectivity index (χ3n) is 5.39. The van der Waals surface area contributed by atoms with E-state index in [0.717, 1.165) is 4.90 Å². The number of nitro benzene ring substituents is 1. The van der Waals surface area contributed by atoms with Gasteiger partial charge in [-0.05, 0) is 80.5 Å². The number of carbonyl (C=O) groups excluding carboxylic acids is 3. The summed E-state index contributed by atoms with van der Waals surface area (Å²) in [5.41, 5.74) is -2.12. The van der Waals surface area contributed by atoms with Gasteiger partial charge in [0.05, 0.1) is 17.0 Å². The summed E-state index contributed by atoms with van der Waals surface area (Å²) in [5, 5.41) is 11.8. The molecule has 3 rings (SSSR count). The van der Waals surface area contributed by atoms with Gasteiger partial charge in [-0.15, -0.1) is 0 Å². The number of rotatable bonds is 6. The van der Waals surface area contributed by atoms with Crippen molar-refractivity contribution in [2.75, 3.05) is 18.0 Å². The van der Waals surface area contributed by atoms with Gasteiger partial charge in [-0.25, -0.2) is 24.3 Å². The molecule has 232 valence electrons. The molecule has 0 saturated heterocycles. The van der Waals surface area contributed by atoms with E-state index in [9.17, 15) is 24.5 Å². The van der Waals surface area contributed by atoms with E-state index in [1.54, 1.807) is 85.2 Å². The lowest BCUT2D eigenvalue weighted by Crippen LogP contribution is -2.48. The molecule has 14 nitrogen and oxygen atoms in total. The van der Waals surface area contributed by atoms with Gasteiger partial charge in [0.2, 0.25) is 5.95 Å². The number of fused-ring (bicyclic) bond motifs is 1. The van der Waals surface area contributed by atoms with E-state index in [-0.39, 0.29) is 30.5 Å². The summed E-state index contributed by atoms with van der Waals surface area (Å²) in [6.45, 7) is 14.6. The predicted molar refractivity (Wildman–Crippen MR) is 158 cm³/mol. The Morgan fingerprint density at radius 2 is 1.40 bits per heavy atom. The van der Waals surface area contributed by atoms with E-state index in [1.807, 2.05) is 0 Å². The zero-order valence-electron chi connectivity index (χ0n) is 25.9. The molecule has 0 spiro atoms. The number of nitro groups is 1. The van der Waals surface area contributed by atoms with Crippen LogP contribution in [0.25, 0.3) is 16.9 Å². The summed E-state index contributed by atoms with van der Waals surface area (Å²) in [4.78, 5) is 61.0. The van der Waals surface area contributed by atoms with Gasteiger partial charge in [-0.1, -0.05) is 0 Å². The fourth-order valence-corrected chi connectivity index (χ4v) is 3.73. The van der Waals surface area contributed by atoms with Crippen LogP contribution in [0, 0.1) is 10.1 Å². The summed E-state index contributed by atoms with van der Waals surface area (Å²) >= 11 is 0. The molecule has 0 aliphatic heterocycles. The Kier molecular flexibility index (Phi) is 9.32. The summed E-state index contributed by atoms with van der Waals surface area (Å²) < 4.78 is 18.1. The molecular formula is C29H38N6O8. The van der Waals surface area contributed by atoms with Crippen LogP contribution < -0.4 is 4.90 Å². The minimum absolute atomic E-state index is 0.0597. The maximum atomic E-state index is 13.4. The summed E-state index contributed by atoms with van der Waals surface area (Å²) in [6.07, 6.45) is 0.423. The molecule has 3 aromatic rings. The highest BCUT2D eigenvalue weighted by Gasteiger charge is 2.33. The molecule has 3 amide bonds. The van der Waals surface area contributed by atoms with Gasteiger partial charge in [0.15, 0.2) is 0 Å². The molecule has 1 aromatic carbocycles. The van der Waals surface area contributed by atoms with E-state index >= 15 is 0 Å². The van der Waals surface area contributed by atoms with E-state index in [1.165, 1.54) is 29.3 Å². The summed E-state index contributed by atoms with van der Waals surface area (Å²) in [5.74, 6) is 0.294. The largest absolute Gasteiger partial charge is 0.443 e. The molecule has 0 bridgehead atoms. The number of ether oxygens (including phenoxy) is 3. The number of imide groups is 1. The molecule has 14 heteroatoms. The monoisotopic (exact) mass is 598 g/mol. The fraction of sp³-hybridized carbons (Fsp3) is 0.483. The van der Waals surface area contributed by atoms with Crippen LogP contribution in [0.15, 0.2) is 42.7 Å². The second-order valence-electron chi connectivity index (χ2n) is 12.6. The average molecular weight is 599 g/mol. The first-order chi connectivity index (χ1) is 19.7. The lowest BCUT2D eigenvalue weighted by atomic mass is 10.2. The van der Waals surface area contributed by atoms with E-state index < -0.39 is 40.0 Å². The molecule has 0 saturated carbocycles. The third-order valence-corrected chi connectivity index (χ3v) is 5.39. The number of hydrogen-bond acceptors (Lipinski definition) is 10. The molecule has 2 aromatic heterocycles. The molecule has 0 aliphatic rings.